The van der Waals surface area contributed by atoms with Crippen molar-refractivity contribution in [1.29, 1.82) is 0 Å². The molecule has 3 heteroatoms. The summed E-state index contributed by atoms with van der Waals surface area (Å²) in [5.41, 5.74) is 7.39. The van der Waals surface area contributed by atoms with Crippen molar-refractivity contribution in [2.45, 2.75) is 57.3 Å². The van der Waals surface area contributed by atoms with Crippen LogP contribution in [0, 0.1) is 5.92 Å². The highest BCUT2D eigenvalue weighted by Gasteiger charge is 2.43. The summed E-state index contributed by atoms with van der Waals surface area (Å²) in [6.45, 7) is 1.96. The molecular formula is C24H28N2O. The molecule has 4 rings (SSSR count). The van der Waals surface area contributed by atoms with Gasteiger partial charge in [0, 0.05) is 5.92 Å². The van der Waals surface area contributed by atoms with Crippen molar-refractivity contribution in [2.24, 2.45) is 11.0 Å². The van der Waals surface area contributed by atoms with Crippen molar-refractivity contribution in [3.8, 4) is 0 Å². The smallest absolute Gasteiger partial charge is 0.243 e. The lowest BCUT2D eigenvalue weighted by Crippen LogP contribution is -2.21. The molecule has 1 N–H and O–H groups in total. The number of carbonyl (C=O) groups excluding carboxylic acids is 1. The van der Waals surface area contributed by atoms with Crippen molar-refractivity contribution in [1.82, 2.24) is 5.43 Å². The lowest BCUT2D eigenvalue weighted by Gasteiger charge is -2.22. The first-order chi connectivity index (χ1) is 13.2. The summed E-state index contributed by atoms with van der Waals surface area (Å²) >= 11 is 0. The van der Waals surface area contributed by atoms with Gasteiger partial charge < -0.3 is 0 Å². The highest BCUT2D eigenvalue weighted by atomic mass is 16.2. The van der Waals surface area contributed by atoms with Crippen LogP contribution < -0.4 is 5.43 Å². The van der Waals surface area contributed by atoms with E-state index in [-0.39, 0.29) is 11.8 Å². The van der Waals surface area contributed by atoms with Gasteiger partial charge in [-0.1, -0.05) is 73.9 Å². The van der Waals surface area contributed by atoms with Gasteiger partial charge in [-0.25, -0.2) is 5.43 Å². The third-order valence-electron chi connectivity index (χ3n) is 6.09. The molecule has 0 aliphatic heterocycles. The number of carbonyl (C=O) groups is 1. The maximum absolute atomic E-state index is 12.4. The van der Waals surface area contributed by atoms with E-state index in [0.29, 0.717) is 5.92 Å². The topological polar surface area (TPSA) is 41.5 Å². The Balaban J connectivity index is 1.33. The summed E-state index contributed by atoms with van der Waals surface area (Å²) < 4.78 is 0. The quantitative estimate of drug-likeness (QED) is 0.564. The Morgan fingerprint density at radius 1 is 0.926 bits per heavy atom. The molecule has 0 heterocycles. The maximum Gasteiger partial charge on any atom is 0.243 e. The van der Waals surface area contributed by atoms with Crippen molar-refractivity contribution in [3.63, 3.8) is 0 Å². The van der Waals surface area contributed by atoms with Gasteiger partial charge in [-0.3, -0.25) is 4.79 Å². The summed E-state index contributed by atoms with van der Waals surface area (Å²) in [6.07, 6.45) is 7.62. The zero-order chi connectivity index (χ0) is 18.6. The summed E-state index contributed by atoms with van der Waals surface area (Å²) in [5, 5.41) is 4.34. The van der Waals surface area contributed by atoms with Gasteiger partial charge in [0.1, 0.15) is 0 Å². The van der Waals surface area contributed by atoms with E-state index in [2.05, 4.69) is 46.9 Å². The molecule has 0 aromatic heterocycles. The van der Waals surface area contributed by atoms with Crippen LogP contribution in [0.2, 0.25) is 0 Å². The zero-order valence-corrected chi connectivity index (χ0v) is 16.0. The molecule has 0 unspecified atom stereocenters. The van der Waals surface area contributed by atoms with E-state index in [9.17, 15) is 4.79 Å². The largest absolute Gasteiger partial charge is 0.273 e. The second kappa shape index (κ2) is 8.08. The molecule has 3 nitrogen and oxygen atoms in total. The molecule has 140 valence electrons. The summed E-state index contributed by atoms with van der Waals surface area (Å²) in [4.78, 5) is 12.4. The fraction of sp³-hybridized carbons (Fsp3) is 0.417. The lowest BCUT2D eigenvalue weighted by atomic mass is 9.84. The molecule has 2 aliphatic carbocycles. The molecule has 0 saturated heterocycles. The van der Waals surface area contributed by atoms with E-state index in [1.807, 2.05) is 25.1 Å². The summed E-state index contributed by atoms with van der Waals surface area (Å²) in [7, 11) is 0. The number of hydrogen-bond donors (Lipinski definition) is 1. The number of hydrazone groups is 1. The van der Waals surface area contributed by atoms with Gasteiger partial charge in [0.2, 0.25) is 5.91 Å². The Bertz CT molecular complexity index is 804. The molecule has 2 aliphatic rings. The van der Waals surface area contributed by atoms with E-state index in [1.54, 1.807) is 0 Å². The summed E-state index contributed by atoms with van der Waals surface area (Å²) in [6, 6.07) is 19.0. The van der Waals surface area contributed by atoms with Gasteiger partial charge in [0.25, 0.3) is 0 Å². The third kappa shape index (κ3) is 4.29. The Morgan fingerprint density at radius 3 is 2.33 bits per heavy atom. The van der Waals surface area contributed by atoms with Crippen LogP contribution in [-0.2, 0) is 4.79 Å². The second-order valence-electron chi connectivity index (χ2n) is 7.99. The van der Waals surface area contributed by atoms with Crippen molar-refractivity contribution in [2.75, 3.05) is 0 Å². The first-order valence-corrected chi connectivity index (χ1v) is 10.2. The van der Waals surface area contributed by atoms with Crippen LogP contribution in [0.1, 0.15) is 74.0 Å². The van der Waals surface area contributed by atoms with E-state index < -0.39 is 0 Å². The van der Waals surface area contributed by atoms with Crippen LogP contribution in [0.4, 0.5) is 0 Å². The number of benzene rings is 2. The molecule has 2 fully saturated rings. The SMILES string of the molecule is C/C(=N/NC(=O)[C@H]1C[C@H]1c1ccccc1)c1ccc(C2CCCCC2)cc1. The van der Waals surface area contributed by atoms with Crippen LogP contribution in [0.5, 0.6) is 0 Å². The molecule has 0 bridgehead atoms. The first-order valence-electron chi connectivity index (χ1n) is 10.2. The molecule has 0 spiro atoms. The van der Waals surface area contributed by atoms with Gasteiger partial charge in [-0.2, -0.15) is 5.10 Å². The van der Waals surface area contributed by atoms with Gasteiger partial charge >= 0.3 is 0 Å². The molecule has 2 saturated carbocycles. The van der Waals surface area contributed by atoms with Crippen molar-refractivity contribution < 1.29 is 4.79 Å². The fourth-order valence-corrected chi connectivity index (χ4v) is 4.27. The standard InChI is InChI=1S/C24H28N2O/c1-17(18-12-14-20(15-13-18)19-8-4-2-5-9-19)25-26-24(27)23-16-22(23)21-10-6-3-7-11-21/h3,6-7,10-15,19,22-23H,2,4-5,8-9,16H2,1H3,(H,26,27)/b25-17-/t22-,23-/m0/s1. The van der Waals surface area contributed by atoms with Crippen molar-refractivity contribution >= 4 is 11.6 Å². The number of nitrogens with one attached hydrogen (secondary N) is 1. The van der Waals surface area contributed by atoms with Gasteiger partial charge in [-0.15, -0.1) is 0 Å². The lowest BCUT2D eigenvalue weighted by molar-refractivity contribution is -0.122. The van der Waals surface area contributed by atoms with Crippen molar-refractivity contribution in [3.05, 3.63) is 71.3 Å². The number of rotatable bonds is 5. The highest BCUT2D eigenvalue weighted by molar-refractivity contribution is 5.99. The number of nitrogens with zero attached hydrogens (tertiary/aromatic N) is 1. The average molecular weight is 361 g/mol. The minimum absolute atomic E-state index is 0.0297. The molecule has 27 heavy (non-hydrogen) atoms. The van der Waals surface area contributed by atoms with Crippen LogP contribution in [0.3, 0.4) is 0 Å². The second-order valence-corrected chi connectivity index (χ2v) is 7.99. The van der Waals surface area contributed by atoms with Gasteiger partial charge in [0.05, 0.1) is 5.71 Å². The highest BCUT2D eigenvalue weighted by Crippen LogP contribution is 2.47. The first kappa shape index (κ1) is 18.0. The van der Waals surface area contributed by atoms with Crippen LogP contribution >= 0.6 is 0 Å². The molecule has 2 atom stereocenters. The maximum atomic E-state index is 12.4. The van der Waals surface area contributed by atoms with E-state index in [1.165, 1.54) is 43.2 Å². The van der Waals surface area contributed by atoms with E-state index >= 15 is 0 Å². The summed E-state index contributed by atoms with van der Waals surface area (Å²) in [5.74, 6) is 1.14. The average Bonchev–Trinajstić information content (AvgIpc) is 3.54. The van der Waals surface area contributed by atoms with E-state index in [0.717, 1.165) is 23.6 Å². The Morgan fingerprint density at radius 2 is 1.63 bits per heavy atom. The van der Waals surface area contributed by atoms with E-state index in [4.69, 9.17) is 0 Å². The predicted molar refractivity (Wildman–Crippen MR) is 110 cm³/mol. The number of amides is 1. The zero-order valence-electron chi connectivity index (χ0n) is 16.0. The predicted octanol–water partition coefficient (Wildman–Crippen LogP) is 5.38. The molecule has 0 radical (unpaired) electrons. The molecule has 1 amide bonds. The Kier molecular flexibility index (Phi) is 5.38. The van der Waals surface area contributed by atoms with Gasteiger partial charge in [-0.05, 0) is 54.7 Å². The Hall–Kier alpha value is -2.42. The Labute approximate surface area is 161 Å². The van der Waals surface area contributed by atoms with Crippen LogP contribution in [0.25, 0.3) is 0 Å². The third-order valence-corrected chi connectivity index (χ3v) is 6.09. The van der Waals surface area contributed by atoms with Gasteiger partial charge in [0.15, 0.2) is 0 Å². The number of hydrogen-bond acceptors (Lipinski definition) is 2. The normalized spacial score (nSPS) is 23.1. The minimum atomic E-state index is 0.0297. The molecule has 2 aromatic rings. The minimum Gasteiger partial charge on any atom is -0.273 e. The van der Waals surface area contributed by atoms with Crippen LogP contribution in [-0.4, -0.2) is 11.6 Å². The monoisotopic (exact) mass is 360 g/mol. The fourth-order valence-electron chi connectivity index (χ4n) is 4.27. The molecular weight excluding hydrogens is 332 g/mol. The van der Waals surface area contributed by atoms with Crippen LogP contribution in [0.15, 0.2) is 59.7 Å². The molecule has 2 aromatic carbocycles.